The largest absolute Gasteiger partial charge is 0.378 e. The van der Waals surface area contributed by atoms with Crippen molar-refractivity contribution in [1.82, 2.24) is 14.8 Å². The first-order chi connectivity index (χ1) is 12.3. The number of nitrogens with one attached hydrogen (secondary N) is 1. The van der Waals surface area contributed by atoms with Crippen LogP contribution in [0.25, 0.3) is 11.4 Å². The molecule has 0 saturated heterocycles. The van der Waals surface area contributed by atoms with Gasteiger partial charge in [-0.25, -0.2) is 0 Å². The molecule has 3 N–H and O–H groups in total. The van der Waals surface area contributed by atoms with E-state index in [1.165, 1.54) is 0 Å². The minimum absolute atomic E-state index is 0.00214. The topological polar surface area (TPSA) is 95.1 Å². The fraction of sp³-hybridized carbons (Fsp3) is 0.526. The Bertz CT molecular complexity index is 801. The van der Waals surface area contributed by atoms with Gasteiger partial charge < -0.3 is 20.4 Å². The number of aromatic nitrogens is 3. The number of aryl methyl sites for hydroxylation is 1. The Kier molecular flexibility index (Phi) is 4.86. The normalized spacial score (nSPS) is 24.1. The molecule has 0 bridgehead atoms. The van der Waals surface area contributed by atoms with Crippen molar-refractivity contribution in [2.24, 2.45) is 11.1 Å². The van der Waals surface area contributed by atoms with Crippen LogP contribution < -0.4 is 11.1 Å². The summed E-state index contributed by atoms with van der Waals surface area (Å²) in [7, 11) is 0. The number of nitrogens with two attached hydrogens (primary N) is 1. The van der Waals surface area contributed by atoms with Crippen molar-refractivity contribution in [3.05, 3.63) is 30.6 Å². The molecule has 1 aromatic heterocycles. The molecular weight excluding hydrogens is 330 g/mol. The summed E-state index contributed by atoms with van der Waals surface area (Å²) in [5, 5.41) is 11.1. The number of carbonyl (C=O) groups excluding carboxylic acids is 1. The van der Waals surface area contributed by atoms with E-state index in [0.717, 1.165) is 17.9 Å². The van der Waals surface area contributed by atoms with Crippen LogP contribution in [0.4, 0.5) is 5.69 Å². The number of ether oxygens (including phenoxy) is 1. The van der Waals surface area contributed by atoms with Crippen molar-refractivity contribution in [1.29, 1.82) is 0 Å². The van der Waals surface area contributed by atoms with Crippen molar-refractivity contribution in [3.63, 3.8) is 0 Å². The quantitative estimate of drug-likeness (QED) is 0.828. The average molecular weight is 357 g/mol. The molecule has 1 heterocycles. The van der Waals surface area contributed by atoms with Gasteiger partial charge in [0.25, 0.3) is 0 Å². The summed E-state index contributed by atoms with van der Waals surface area (Å²) in [6.45, 7) is 9.34. The zero-order chi connectivity index (χ0) is 18.9. The second-order valence-corrected chi connectivity index (χ2v) is 7.32. The van der Waals surface area contributed by atoms with Gasteiger partial charge >= 0.3 is 0 Å². The monoisotopic (exact) mass is 357 g/mol. The highest BCUT2D eigenvalue weighted by Gasteiger charge is 2.62. The second-order valence-electron chi connectivity index (χ2n) is 7.32. The van der Waals surface area contributed by atoms with Crippen molar-refractivity contribution in [2.75, 3.05) is 11.9 Å². The van der Waals surface area contributed by atoms with E-state index in [4.69, 9.17) is 10.5 Å². The summed E-state index contributed by atoms with van der Waals surface area (Å²) in [5.41, 5.74) is 6.67. The first kappa shape index (κ1) is 18.5. The zero-order valence-electron chi connectivity index (χ0n) is 15.8. The molecule has 1 aromatic carbocycles. The van der Waals surface area contributed by atoms with Crippen LogP contribution in [0.2, 0.25) is 0 Å². The molecule has 0 radical (unpaired) electrons. The van der Waals surface area contributed by atoms with Crippen LogP contribution in [0.1, 0.15) is 34.1 Å². The molecule has 3 rings (SSSR count). The Hall–Kier alpha value is -2.25. The Labute approximate surface area is 153 Å². The molecule has 7 nitrogen and oxygen atoms in total. The number of carbonyl (C=O) groups is 1. The van der Waals surface area contributed by atoms with Crippen LogP contribution in [-0.2, 0) is 16.1 Å². The van der Waals surface area contributed by atoms with E-state index in [-0.39, 0.29) is 12.0 Å². The predicted molar refractivity (Wildman–Crippen MR) is 100 cm³/mol. The highest BCUT2D eigenvalue weighted by atomic mass is 16.5. The Morgan fingerprint density at radius 3 is 2.85 bits per heavy atom. The maximum atomic E-state index is 12.9. The van der Waals surface area contributed by atoms with Crippen molar-refractivity contribution >= 4 is 11.6 Å². The van der Waals surface area contributed by atoms with Crippen LogP contribution in [0, 0.1) is 5.41 Å². The fourth-order valence-corrected chi connectivity index (χ4v) is 3.51. The Balaban J connectivity index is 1.78. The van der Waals surface area contributed by atoms with Crippen LogP contribution in [0.5, 0.6) is 0 Å². The van der Waals surface area contributed by atoms with E-state index >= 15 is 0 Å². The zero-order valence-corrected chi connectivity index (χ0v) is 15.8. The van der Waals surface area contributed by atoms with Crippen LogP contribution in [0.15, 0.2) is 30.6 Å². The van der Waals surface area contributed by atoms with Gasteiger partial charge in [-0.3, -0.25) is 4.79 Å². The van der Waals surface area contributed by atoms with Crippen LogP contribution >= 0.6 is 0 Å². The lowest BCUT2D eigenvalue weighted by molar-refractivity contribution is -0.166. The summed E-state index contributed by atoms with van der Waals surface area (Å²) in [6.07, 6.45) is 2.21. The molecule has 2 unspecified atom stereocenters. The summed E-state index contributed by atoms with van der Waals surface area (Å²) >= 11 is 0. The number of amides is 1. The van der Waals surface area contributed by atoms with Gasteiger partial charge in [-0.1, -0.05) is 26.0 Å². The molecule has 26 heavy (non-hydrogen) atoms. The third-order valence-corrected chi connectivity index (χ3v) is 5.57. The lowest BCUT2D eigenvalue weighted by atomic mass is 9.54. The number of rotatable bonds is 6. The standard InChI is InChI=1S/C19H27N5O2/c1-5-24-12-21-23-16(24)13-8-7-9-14(10-13)22-17(25)19(20)11-15(26-6-2)18(19,3)4/h7-10,12,15H,5-6,11,20H2,1-4H3,(H,22,25). The van der Waals surface area contributed by atoms with E-state index in [1.54, 1.807) is 6.33 Å². The molecule has 1 aliphatic carbocycles. The van der Waals surface area contributed by atoms with E-state index < -0.39 is 11.0 Å². The number of hydrogen-bond acceptors (Lipinski definition) is 5. The Morgan fingerprint density at radius 1 is 1.42 bits per heavy atom. The molecule has 2 aromatic rings. The van der Waals surface area contributed by atoms with Gasteiger partial charge in [-0.15, -0.1) is 10.2 Å². The van der Waals surface area contributed by atoms with E-state index in [9.17, 15) is 4.79 Å². The molecule has 0 aliphatic heterocycles. The van der Waals surface area contributed by atoms with Gasteiger partial charge in [-0.2, -0.15) is 0 Å². The Morgan fingerprint density at radius 2 is 2.19 bits per heavy atom. The van der Waals surface area contributed by atoms with Crippen LogP contribution in [0.3, 0.4) is 0 Å². The molecule has 1 amide bonds. The van der Waals surface area contributed by atoms with E-state index in [1.807, 2.05) is 56.5 Å². The highest BCUT2D eigenvalue weighted by Crippen LogP contribution is 2.50. The second kappa shape index (κ2) is 6.81. The van der Waals surface area contributed by atoms with Gasteiger partial charge in [0.05, 0.1) is 6.10 Å². The van der Waals surface area contributed by atoms with Gasteiger partial charge in [0.15, 0.2) is 5.82 Å². The van der Waals surface area contributed by atoms with E-state index in [0.29, 0.717) is 18.7 Å². The summed E-state index contributed by atoms with van der Waals surface area (Å²) in [6, 6.07) is 7.58. The fourth-order valence-electron chi connectivity index (χ4n) is 3.51. The SMILES string of the molecule is CCOC1CC(N)(C(=O)Nc2cccc(-c3nncn3CC)c2)C1(C)C. The maximum absolute atomic E-state index is 12.9. The number of nitrogens with zero attached hydrogens (tertiary/aromatic N) is 3. The maximum Gasteiger partial charge on any atom is 0.245 e. The lowest BCUT2D eigenvalue weighted by Gasteiger charge is -2.57. The summed E-state index contributed by atoms with van der Waals surface area (Å²) in [4.78, 5) is 12.9. The third-order valence-electron chi connectivity index (χ3n) is 5.57. The number of anilines is 1. The highest BCUT2D eigenvalue weighted by molar-refractivity contribution is 6.00. The first-order valence-corrected chi connectivity index (χ1v) is 9.03. The van der Waals surface area contributed by atoms with Gasteiger partial charge in [0.2, 0.25) is 5.91 Å². The lowest BCUT2D eigenvalue weighted by Crippen LogP contribution is -2.74. The first-order valence-electron chi connectivity index (χ1n) is 9.03. The molecule has 140 valence electrons. The van der Waals surface area contributed by atoms with Gasteiger partial charge in [-0.05, 0) is 26.0 Å². The summed E-state index contributed by atoms with van der Waals surface area (Å²) in [5.74, 6) is 0.582. The number of hydrogen-bond donors (Lipinski definition) is 2. The van der Waals surface area contributed by atoms with Crippen molar-refractivity contribution in [2.45, 2.75) is 52.3 Å². The smallest absolute Gasteiger partial charge is 0.245 e. The van der Waals surface area contributed by atoms with Crippen molar-refractivity contribution in [3.8, 4) is 11.4 Å². The van der Waals surface area contributed by atoms with E-state index in [2.05, 4.69) is 15.5 Å². The molecule has 7 heteroatoms. The molecule has 1 fully saturated rings. The molecular formula is C19H27N5O2. The average Bonchev–Trinajstić information content (AvgIpc) is 3.10. The molecule has 1 aliphatic rings. The van der Waals surface area contributed by atoms with Gasteiger partial charge in [0.1, 0.15) is 11.9 Å². The minimum Gasteiger partial charge on any atom is -0.378 e. The molecule has 1 saturated carbocycles. The molecule has 0 spiro atoms. The number of benzene rings is 1. The third kappa shape index (κ3) is 2.91. The molecule has 2 atom stereocenters. The minimum atomic E-state index is -0.952. The predicted octanol–water partition coefficient (Wildman–Crippen LogP) is 2.44. The van der Waals surface area contributed by atoms with Crippen molar-refractivity contribution < 1.29 is 9.53 Å². The summed E-state index contributed by atoms with van der Waals surface area (Å²) < 4.78 is 7.66. The van der Waals surface area contributed by atoms with Gasteiger partial charge in [0, 0.05) is 36.2 Å². The van der Waals surface area contributed by atoms with Crippen LogP contribution in [-0.4, -0.2) is 38.9 Å².